The number of amides is 1. The maximum Gasteiger partial charge on any atom is 0.246 e. The number of hydrogen-bond donors (Lipinski definition) is 2. The third kappa shape index (κ3) is 2.08. The normalized spacial score (nSPS) is 24.6. The quantitative estimate of drug-likeness (QED) is 0.836. The molecule has 2 N–H and O–H groups in total. The highest BCUT2D eigenvalue weighted by Crippen LogP contribution is 2.25. The Morgan fingerprint density at radius 1 is 1.62 bits per heavy atom. The monoisotopic (exact) mass is 240 g/mol. The molecule has 0 saturated carbocycles. The van der Waals surface area contributed by atoms with Crippen molar-refractivity contribution in [3.05, 3.63) is 5.01 Å². The van der Waals surface area contributed by atoms with Crippen LogP contribution in [-0.2, 0) is 4.79 Å². The smallest absolute Gasteiger partial charge is 0.246 e. The summed E-state index contributed by atoms with van der Waals surface area (Å²) in [5.74, 6) is 0.0173. The van der Waals surface area contributed by atoms with E-state index in [2.05, 4.69) is 20.8 Å². The molecule has 1 aromatic rings. The Bertz CT molecular complexity index is 384. The van der Waals surface area contributed by atoms with Gasteiger partial charge in [-0.05, 0) is 32.7 Å². The van der Waals surface area contributed by atoms with Crippen molar-refractivity contribution >= 4 is 22.4 Å². The van der Waals surface area contributed by atoms with Gasteiger partial charge in [0, 0.05) is 0 Å². The maximum absolute atomic E-state index is 12.1. The molecule has 0 aliphatic carbocycles. The molecule has 16 heavy (non-hydrogen) atoms. The van der Waals surface area contributed by atoms with E-state index in [-0.39, 0.29) is 5.91 Å². The first-order chi connectivity index (χ1) is 7.66. The molecule has 1 aliphatic heterocycles. The van der Waals surface area contributed by atoms with Crippen LogP contribution in [0.3, 0.4) is 0 Å². The second kappa shape index (κ2) is 4.47. The van der Waals surface area contributed by atoms with E-state index in [0.717, 1.165) is 30.8 Å². The number of carbonyl (C=O) groups is 1. The van der Waals surface area contributed by atoms with Crippen molar-refractivity contribution in [2.45, 2.75) is 38.6 Å². The number of aryl methyl sites for hydroxylation is 1. The van der Waals surface area contributed by atoms with Crippen LogP contribution in [0.4, 0.5) is 5.13 Å². The molecule has 1 atom stereocenters. The highest BCUT2D eigenvalue weighted by molar-refractivity contribution is 7.15. The first-order valence-electron chi connectivity index (χ1n) is 5.53. The Kier molecular flexibility index (Phi) is 3.20. The van der Waals surface area contributed by atoms with Crippen LogP contribution < -0.4 is 10.6 Å². The topological polar surface area (TPSA) is 66.9 Å². The molecule has 0 aromatic carbocycles. The predicted octanol–water partition coefficient (Wildman–Crippen LogP) is 1.32. The summed E-state index contributed by atoms with van der Waals surface area (Å²) in [6.45, 7) is 4.82. The molecule has 1 unspecified atom stereocenters. The lowest BCUT2D eigenvalue weighted by Gasteiger charge is -2.25. The molecule has 2 heterocycles. The van der Waals surface area contributed by atoms with Gasteiger partial charge in [-0.25, -0.2) is 0 Å². The Labute approximate surface area is 98.7 Å². The average Bonchev–Trinajstić information content (AvgIpc) is 2.88. The molecule has 1 saturated heterocycles. The largest absolute Gasteiger partial charge is 0.303 e. The molecule has 1 aromatic heterocycles. The van der Waals surface area contributed by atoms with Gasteiger partial charge in [-0.1, -0.05) is 18.3 Å². The Balaban J connectivity index is 2.07. The number of nitrogens with one attached hydrogen (secondary N) is 2. The summed E-state index contributed by atoms with van der Waals surface area (Å²) >= 11 is 1.40. The van der Waals surface area contributed by atoms with Crippen LogP contribution in [0.25, 0.3) is 0 Å². The molecule has 6 heteroatoms. The summed E-state index contributed by atoms with van der Waals surface area (Å²) in [6.07, 6.45) is 2.75. The van der Waals surface area contributed by atoms with Crippen LogP contribution in [0.15, 0.2) is 0 Å². The molecule has 5 nitrogen and oxygen atoms in total. The van der Waals surface area contributed by atoms with E-state index >= 15 is 0 Å². The number of nitrogens with zero attached hydrogens (tertiary/aromatic N) is 2. The zero-order chi connectivity index (χ0) is 11.6. The van der Waals surface area contributed by atoms with E-state index in [0.29, 0.717) is 5.13 Å². The Morgan fingerprint density at radius 3 is 2.94 bits per heavy atom. The Hall–Kier alpha value is -1.01. The minimum absolute atomic E-state index is 0.0173. The van der Waals surface area contributed by atoms with Crippen molar-refractivity contribution in [1.29, 1.82) is 0 Å². The SMILES string of the molecule is CCC1(C(=O)Nc2nnc(C)s2)CCCN1. The molecule has 1 fully saturated rings. The minimum atomic E-state index is -0.403. The van der Waals surface area contributed by atoms with Gasteiger partial charge in [0.05, 0.1) is 5.54 Å². The van der Waals surface area contributed by atoms with E-state index in [9.17, 15) is 4.79 Å². The summed E-state index contributed by atoms with van der Waals surface area (Å²) in [4.78, 5) is 12.1. The fraction of sp³-hybridized carbons (Fsp3) is 0.700. The average molecular weight is 240 g/mol. The van der Waals surface area contributed by atoms with Crippen molar-refractivity contribution in [2.24, 2.45) is 0 Å². The zero-order valence-electron chi connectivity index (χ0n) is 9.54. The second-order valence-corrected chi connectivity index (χ2v) is 5.23. The first-order valence-corrected chi connectivity index (χ1v) is 6.34. The molecule has 1 aliphatic rings. The number of anilines is 1. The molecule has 0 radical (unpaired) electrons. The summed E-state index contributed by atoms with van der Waals surface area (Å²) < 4.78 is 0. The van der Waals surface area contributed by atoms with Crippen molar-refractivity contribution in [1.82, 2.24) is 15.5 Å². The van der Waals surface area contributed by atoms with Crippen molar-refractivity contribution in [3.8, 4) is 0 Å². The van der Waals surface area contributed by atoms with Crippen molar-refractivity contribution < 1.29 is 4.79 Å². The van der Waals surface area contributed by atoms with Gasteiger partial charge >= 0.3 is 0 Å². The van der Waals surface area contributed by atoms with Crippen LogP contribution in [0.5, 0.6) is 0 Å². The number of aromatic nitrogens is 2. The van der Waals surface area contributed by atoms with E-state index in [1.807, 2.05) is 13.8 Å². The lowest BCUT2D eigenvalue weighted by molar-refractivity contribution is -0.122. The number of rotatable bonds is 3. The molecular weight excluding hydrogens is 224 g/mol. The minimum Gasteiger partial charge on any atom is -0.303 e. The third-order valence-electron chi connectivity index (χ3n) is 3.03. The van der Waals surface area contributed by atoms with Gasteiger partial charge in [-0.15, -0.1) is 10.2 Å². The molecule has 0 bridgehead atoms. The van der Waals surface area contributed by atoms with Crippen LogP contribution in [0.2, 0.25) is 0 Å². The summed E-state index contributed by atoms with van der Waals surface area (Å²) in [5.41, 5.74) is -0.403. The van der Waals surface area contributed by atoms with Gasteiger partial charge in [-0.3, -0.25) is 10.1 Å². The standard InChI is InChI=1S/C10H16N4OS/c1-3-10(5-4-6-11-10)8(15)12-9-14-13-7(2)16-9/h11H,3-6H2,1-2H3,(H,12,14,15). The maximum atomic E-state index is 12.1. The van der Waals surface area contributed by atoms with Crippen LogP contribution in [0.1, 0.15) is 31.2 Å². The molecule has 1 amide bonds. The van der Waals surface area contributed by atoms with Crippen LogP contribution in [-0.4, -0.2) is 28.2 Å². The number of hydrogen-bond acceptors (Lipinski definition) is 5. The summed E-state index contributed by atoms with van der Waals surface area (Å²) in [5, 5.41) is 15.4. The molecule has 88 valence electrons. The van der Waals surface area contributed by atoms with Gasteiger partial charge in [0.2, 0.25) is 11.0 Å². The van der Waals surface area contributed by atoms with Crippen LogP contribution in [0, 0.1) is 6.92 Å². The summed E-state index contributed by atoms with van der Waals surface area (Å²) in [7, 11) is 0. The first kappa shape index (κ1) is 11.5. The summed E-state index contributed by atoms with van der Waals surface area (Å²) in [6, 6.07) is 0. The highest BCUT2D eigenvalue weighted by Gasteiger charge is 2.39. The van der Waals surface area contributed by atoms with Gasteiger partial charge in [0.25, 0.3) is 0 Å². The molecular formula is C10H16N4OS. The van der Waals surface area contributed by atoms with E-state index in [1.165, 1.54) is 11.3 Å². The zero-order valence-corrected chi connectivity index (χ0v) is 10.4. The number of carbonyl (C=O) groups excluding carboxylic acids is 1. The Morgan fingerprint density at radius 2 is 2.44 bits per heavy atom. The van der Waals surface area contributed by atoms with Gasteiger partial charge in [-0.2, -0.15) is 0 Å². The molecule has 2 rings (SSSR count). The van der Waals surface area contributed by atoms with Gasteiger partial charge < -0.3 is 5.32 Å². The van der Waals surface area contributed by atoms with E-state index in [4.69, 9.17) is 0 Å². The fourth-order valence-electron chi connectivity index (χ4n) is 2.03. The highest BCUT2D eigenvalue weighted by atomic mass is 32.1. The van der Waals surface area contributed by atoms with Crippen molar-refractivity contribution in [3.63, 3.8) is 0 Å². The van der Waals surface area contributed by atoms with Crippen molar-refractivity contribution in [2.75, 3.05) is 11.9 Å². The fourth-order valence-corrected chi connectivity index (χ4v) is 2.61. The third-order valence-corrected chi connectivity index (χ3v) is 3.78. The predicted molar refractivity (Wildman–Crippen MR) is 63.5 cm³/mol. The second-order valence-electron chi connectivity index (χ2n) is 4.05. The van der Waals surface area contributed by atoms with Crippen LogP contribution >= 0.6 is 11.3 Å². The lowest BCUT2D eigenvalue weighted by Crippen LogP contribution is -2.50. The van der Waals surface area contributed by atoms with Gasteiger partial charge in [0.15, 0.2) is 0 Å². The molecule has 0 spiro atoms. The van der Waals surface area contributed by atoms with Gasteiger partial charge in [0.1, 0.15) is 5.01 Å². The van der Waals surface area contributed by atoms with E-state index < -0.39 is 5.54 Å². The lowest BCUT2D eigenvalue weighted by atomic mass is 9.93. The van der Waals surface area contributed by atoms with E-state index in [1.54, 1.807) is 0 Å².